The Hall–Kier alpha value is -1.17. The Balaban J connectivity index is 1.78. The topological polar surface area (TPSA) is 58.3 Å². The van der Waals surface area contributed by atoms with E-state index in [1.807, 2.05) is 17.8 Å². The average molecular weight is 224 g/mol. The highest BCUT2D eigenvalue weighted by atomic mass is 32.1. The van der Waals surface area contributed by atoms with Gasteiger partial charge in [0.15, 0.2) is 0 Å². The summed E-state index contributed by atoms with van der Waals surface area (Å²) in [6.45, 7) is 1.41. The maximum Gasteiger partial charge on any atom is 0.129 e. The normalized spacial score (nSPS) is 10.7. The first kappa shape index (κ1) is 10.4. The lowest BCUT2D eigenvalue weighted by molar-refractivity contribution is 0.242. The molecule has 0 unspecified atom stereocenters. The molecule has 0 atom stereocenters. The number of hydrogen-bond donors (Lipinski definition) is 2. The molecule has 0 amide bonds. The van der Waals surface area contributed by atoms with Crippen LogP contribution in [0.4, 0.5) is 0 Å². The summed E-state index contributed by atoms with van der Waals surface area (Å²) in [6.07, 6.45) is 1.85. The number of aliphatic hydroxyl groups is 1. The third kappa shape index (κ3) is 2.89. The standard InChI is InChI=1S/C10H12N2O2S/c13-6-9-2-1-8(14-9)3-11-4-10-5-12-7-15-10/h1-2,5,7,11,13H,3-4,6H2. The van der Waals surface area contributed by atoms with E-state index in [0.717, 1.165) is 12.3 Å². The minimum atomic E-state index is -0.0468. The number of rotatable bonds is 5. The summed E-state index contributed by atoms with van der Waals surface area (Å²) in [5.74, 6) is 1.44. The van der Waals surface area contributed by atoms with Crippen LogP contribution in [0.3, 0.4) is 0 Å². The number of furan rings is 1. The molecule has 0 saturated carbocycles. The van der Waals surface area contributed by atoms with Crippen LogP contribution in [0.1, 0.15) is 16.4 Å². The molecule has 0 aliphatic heterocycles. The van der Waals surface area contributed by atoms with E-state index in [1.165, 1.54) is 4.88 Å². The van der Waals surface area contributed by atoms with Crippen molar-refractivity contribution in [2.75, 3.05) is 0 Å². The maximum atomic E-state index is 8.81. The van der Waals surface area contributed by atoms with Crippen LogP contribution < -0.4 is 5.32 Å². The van der Waals surface area contributed by atoms with Crippen molar-refractivity contribution in [2.45, 2.75) is 19.7 Å². The van der Waals surface area contributed by atoms with Crippen molar-refractivity contribution < 1.29 is 9.52 Å². The molecule has 0 spiro atoms. The van der Waals surface area contributed by atoms with E-state index < -0.39 is 0 Å². The molecule has 2 rings (SSSR count). The maximum absolute atomic E-state index is 8.81. The van der Waals surface area contributed by atoms with E-state index >= 15 is 0 Å². The Labute approximate surface area is 91.6 Å². The second kappa shape index (κ2) is 5.06. The van der Waals surface area contributed by atoms with E-state index in [-0.39, 0.29) is 6.61 Å². The Morgan fingerprint density at radius 2 is 2.20 bits per heavy atom. The molecule has 0 fully saturated rings. The highest BCUT2D eigenvalue weighted by Crippen LogP contribution is 2.08. The van der Waals surface area contributed by atoms with E-state index in [9.17, 15) is 0 Å². The first-order chi connectivity index (χ1) is 7.38. The van der Waals surface area contributed by atoms with Crippen LogP contribution >= 0.6 is 11.3 Å². The first-order valence-electron chi connectivity index (χ1n) is 4.65. The number of nitrogens with zero attached hydrogens (tertiary/aromatic N) is 1. The second-order valence-corrected chi connectivity index (χ2v) is 4.07. The Kier molecular flexibility index (Phi) is 3.49. The summed E-state index contributed by atoms with van der Waals surface area (Å²) >= 11 is 1.62. The van der Waals surface area contributed by atoms with Crippen molar-refractivity contribution in [3.63, 3.8) is 0 Å². The lowest BCUT2D eigenvalue weighted by atomic mass is 10.4. The predicted octanol–water partition coefficient (Wildman–Crippen LogP) is 1.52. The fourth-order valence-corrected chi connectivity index (χ4v) is 1.80. The predicted molar refractivity (Wildman–Crippen MR) is 57.3 cm³/mol. The van der Waals surface area contributed by atoms with Crippen molar-refractivity contribution in [1.82, 2.24) is 10.3 Å². The number of nitrogens with one attached hydrogen (secondary N) is 1. The summed E-state index contributed by atoms with van der Waals surface area (Å²) in [5.41, 5.74) is 1.81. The van der Waals surface area contributed by atoms with E-state index in [4.69, 9.17) is 9.52 Å². The zero-order valence-electron chi connectivity index (χ0n) is 8.14. The lowest BCUT2D eigenvalue weighted by Crippen LogP contribution is -2.11. The van der Waals surface area contributed by atoms with Gasteiger partial charge in [0, 0.05) is 17.6 Å². The summed E-state index contributed by atoms with van der Waals surface area (Å²) < 4.78 is 5.33. The average Bonchev–Trinajstić information content (AvgIpc) is 2.88. The molecule has 2 aromatic heterocycles. The minimum Gasteiger partial charge on any atom is -0.462 e. The molecule has 4 nitrogen and oxygen atoms in total. The molecule has 2 heterocycles. The Morgan fingerprint density at radius 1 is 1.33 bits per heavy atom. The lowest BCUT2D eigenvalue weighted by Gasteiger charge is -1.99. The molecule has 2 N–H and O–H groups in total. The molecule has 0 bridgehead atoms. The van der Waals surface area contributed by atoms with Crippen molar-refractivity contribution >= 4 is 11.3 Å². The largest absolute Gasteiger partial charge is 0.462 e. The first-order valence-corrected chi connectivity index (χ1v) is 5.53. The number of aliphatic hydroxyl groups excluding tert-OH is 1. The van der Waals surface area contributed by atoms with Crippen LogP contribution in [0, 0.1) is 0 Å². The molecule has 15 heavy (non-hydrogen) atoms. The van der Waals surface area contributed by atoms with Crippen molar-refractivity contribution in [1.29, 1.82) is 0 Å². The summed E-state index contributed by atoms with van der Waals surface area (Å²) in [4.78, 5) is 5.19. The van der Waals surface area contributed by atoms with Gasteiger partial charge < -0.3 is 14.8 Å². The molecule has 0 aliphatic rings. The SMILES string of the molecule is OCc1ccc(CNCc2cncs2)o1. The molecule has 0 aliphatic carbocycles. The zero-order valence-corrected chi connectivity index (χ0v) is 8.96. The molecule has 0 radical (unpaired) electrons. The molecule has 80 valence electrons. The molecular formula is C10H12N2O2S. The van der Waals surface area contributed by atoms with Gasteiger partial charge in [0.1, 0.15) is 18.1 Å². The Morgan fingerprint density at radius 3 is 2.87 bits per heavy atom. The summed E-state index contributed by atoms with van der Waals surface area (Å²) in [5, 5.41) is 12.0. The monoisotopic (exact) mass is 224 g/mol. The van der Waals surface area contributed by atoms with E-state index in [0.29, 0.717) is 12.3 Å². The van der Waals surface area contributed by atoms with Gasteiger partial charge in [-0.1, -0.05) is 0 Å². The van der Waals surface area contributed by atoms with E-state index in [1.54, 1.807) is 17.4 Å². The summed E-state index contributed by atoms with van der Waals surface area (Å²) in [7, 11) is 0. The highest BCUT2D eigenvalue weighted by Gasteiger charge is 2.00. The van der Waals surface area contributed by atoms with Crippen LogP contribution in [-0.2, 0) is 19.7 Å². The van der Waals surface area contributed by atoms with Crippen molar-refractivity contribution in [3.8, 4) is 0 Å². The molecule has 5 heteroatoms. The third-order valence-electron chi connectivity index (χ3n) is 1.96. The van der Waals surface area contributed by atoms with Gasteiger partial charge >= 0.3 is 0 Å². The Bertz CT molecular complexity index is 397. The van der Waals surface area contributed by atoms with Gasteiger partial charge in [-0.25, -0.2) is 0 Å². The second-order valence-electron chi connectivity index (χ2n) is 3.10. The molecule has 0 aromatic carbocycles. The van der Waals surface area contributed by atoms with Gasteiger partial charge in [-0.2, -0.15) is 0 Å². The zero-order chi connectivity index (χ0) is 10.5. The van der Waals surface area contributed by atoms with Crippen LogP contribution in [-0.4, -0.2) is 10.1 Å². The number of hydrogen-bond acceptors (Lipinski definition) is 5. The van der Waals surface area contributed by atoms with Crippen molar-refractivity contribution in [3.05, 3.63) is 40.2 Å². The highest BCUT2D eigenvalue weighted by molar-refractivity contribution is 7.09. The summed E-state index contributed by atoms with van der Waals surface area (Å²) in [6, 6.07) is 3.65. The van der Waals surface area contributed by atoms with Crippen LogP contribution in [0.25, 0.3) is 0 Å². The van der Waals surface area contributed by atoms with E-state index in [2.05, 4.69) is 10.3 Å². The van der Waals surface area contributed by atoms with Gasteiger partial charge in [-0.3, -0.25) is 4.98 Å². The quantitative estimate of drug-likeness (QED) is 0.808. The van der Waals surface area contributed by atoms with Crippen LogP contribution in [0.15, 0.2) is 28.3 Å². The molecule has 2 aromatic rings. The van der Waals surface area contributed by atoms with Crippen molar-refractivity contribution in [2.24, 2.45) is 0 Å². The third-order valence-corrected chi connectivity index (χ3v) is 2.73. The molecular weight excluding hydrogens is 212 g/mol. The van der Waals surface area contributed by atoms with Gasteiger partial charge in [0.2, 0.25) is 0 Å². The van der Waals surface area contributed by atoms with Crippen LogP contribution in [0.5, 0.6) is 0 Å². The number of aromatic nitrogens is 1. The van der Waals surface area contributed by atoms with Gasteiger partial charge in [0.25, 0.3) is 0 Å². The number of thiazole rings is 1. The van der Waals surface area contributed by atoms with Gasteiger partial charge in [-0.05, 0) is 12.1 Å². The fraction of sp³-hybridized carbons (Fsp3) is 0.300. The fourth-order valence-electron chi connectivity index (χ4n) is 1.24. The van der Waals surface area contributed by atoms with Gasteiger partial charge in [0.05, 0.1) is 12.1 Å². The van der Waals surface area contributed by atoms with Crippen LogP contribution in [0.2, 0.25) is 0 Å². The molecule has 0 saturated heterocycles. The van der Waals surface area contributed by atoms with Gasteiger partial charge in [-0.15, -0.1) is 11.3 Å². The smallest absolute Gasteiger partial charge is 0.129 e. The minimum absolute atomic E-state index is 0.0468.